The number of pyridine rings is 1. The highest BCUT2D eigenvalue weighted by Gasteiger charge is 2.36. The fourth-order valence-corrected chi connectivity index (χ4v) is 1.85. The van der Waals surface area contributed by atoms with Gasteiger partial charge in [-0.3, -0.25) is 9.78 Å². The average Bonchev–Trinajstić information content (AvgIpc) is 2.30. The Bertz CT molecular complexity index is 381. The molecule has 1 aromatic rings. The lowest BCUT2D eigenvalue weighted by Gasteiger charge is -2.31. The number of nitrogens with zero attached hydrogens (tertiary/aromatic N) is 1. The molecule has 16 heavy (non-hydrogen) atoms. The molecule has 0 atom stereocenters. The highest BCUT2D eigenvalue weighted by molar-refractivity contribution is 6.02. The van der Waals surface area contributed by atoms with E-state index in [0.717, 1.165) is 5.69 Å². The zero-order chi connectivity index (χ0) is 11.6. The second-order valence-corrected chi connectivity index (χ2v) is 4.29. The molecule has 0 bridgehead atoms. The van der Waals surface area contributed by atoms with Crippen LogP contribution in [-0.2, 0) is 4.74 Å². The zero-order valence-electron chi connectivity index (χ0n) is 9.40. The fourth-order valence-electron chi connectivity index (χ4n) is 1.85. The summed E-state index contributed by atoms with van der Waals surface area (Å²) in [6.45, 7) is 3.00. The van der Waals surface area contributed by atoms with E-state index in [9.17, 15) is 4.79 Å². The van der Waals surface area contributed by atoms with Crippen molar-refractivity contribution in [2.24, 2.45) is 5.73 Å². The fraction of sp³-hybridized carbons (Fsp3) is 0.500. The van der Waals surface area contributed by atoms with Gasteiger partial charge < -0.3 is 10.5 Å². The Balaban J connectivity index is 2.20. The van der Waals surface area contributed by atoms with Crippen LogP contribution in [0.3, 0.4) is 0 Å². The molecule has 2 N–H and O–H groups in total. The monoisotopic (exact) mass is 220 g/mol. The first-order valence-electron chi connectivity index (χ1n) is 5.46. The molecular formula is C12H16N2O2. The van der Waals surface area contributed by atoms with Crippen molar-refractivity contribution in [3.63, 3.8) is 0 Å². The van der Waals surface area contributed by atoms with Crippen molar-refractivity contribution in [1.29, 1.82) is 0 Å². The van der Waals surface area contributed by atoms with Gasteiger partial charge in [-0.05, 0) is 31.9 Å². The minimum atomic E-state index is -0.769. The lowest BCUT2D eigenvalue weighted by molar-refractivity contribution is 0.0447. The van der Waals surface area contributed by atoms with Crippen LogP contribution < -0.4 is 5.73 Å². The average molecular weight is 220 g/mol. The molecule has 0 aliphatic carbocycles. The second kappa shape index (κ2) is 4.31. The summed E-state index contributed by atoms with van der Waals surface area (Å²) in [7, 11) is 0. The Hall–Kier alpha value is -1.26. The maximum Gasteiger partial charge on any atom is 0.184 e. The van der Waals surface area contributed by atoms with E-state index >= 15 is 0 Å². The number of rotatable bonds is 2. The number of hydrogen-bond donors (Lipinski definition) is 1. The van der Waals surface area contributed by atoms with E-state index in [1.165, 1.54) is 0 Å². The predicted molar refractivity (Wildman–Crippen MR) is 60.3 cm³/mol. The van der Waals surface area contributed by atoms with Crippen LogP contribution in [0.5, 0.6) is 0 Å². The highest BCUT2D eigenvalue weighted by Crippen LogP contribution is 2.22. The summed E-state index contributed by atoms with van der Waals surface area (Å²) in [6.07, 6.45) is 2.77. The van der Waals surface area contributed by atoms with Gasteiger partial charge in [0.1, 0.15) is 0 Å². The van der Waals surface area contributed by atoms with Crippen molar-refractivity contribution >= 4 is 5.78 Å². The molecule has 86 valence electrons. The van der Waals surface area contributed by atoms with E-state index in [2.05, 4.69) is 4.98 Å². The Morgan fingerprint density at radius 2 is 2.12 bits per heavy atom. The minimum absolute atomic E-state index is 0.0247. The van der Waals surface area contributed by atoms with Gasteiger partial charge in [0.25, 0.3) is 0 Å². The molecule has 0 amide bonds. The highest BCUT2D eigenvalue weighted by atomic mass is 16.5. The molecule has 1 aromatic heterocycles. The number of carbonyl (C=O) groups excluding carboxylic acids is 1. The van der Waals surface area contributed by atoms with E-state index in [-0.39, 0.29) is 5.78 Å². The van der Waals surface area contributed by atoms with E-state index < -0.39 is 5.54 Å². The number of Topliss-reactive ketones (excluding diaryl/α,β-unsaturated/α-hetero) is 1. The van der Waals surface area contributed by atoms with Crippen molar-refractivity contribution < 1.29 is 9.53 Å². The molecule has 0 spiro atoms. The maximum absolute atomic E-state index is 12.2. The van der Waals surface area contributed by atoms with Gasteiger partial charge in [0.05, 0.1) is 5.54 Å². The predicted octanol–water partition coefficient (Wildman–Crippen LogP) is 1.08. The molecule has 2 heterocycles. The van der Waals surface area contributed by atoms with Crippen molar-refractivity contribution in [3.8, 4) is 0 Å². The minimum Gasteiger partial charge on any atom is -0.381 e. The third kappa shape index (κ3) is 2.13. The summed E-state index contributed by atoms with van der Waals surface area (Å²) in [5.41, 5.74) is 6.84. The summed E-state index contributed by atoms with van der Waals surface area (Å²) >= 11 is 0. The third-order valence-electron chi connectivity index (χ3n) is 3.01. The zero-order valence-corrected chi connectivity index (χ0v) is 9.40. The van der Waals surface area contributed by atoms with E-state index in [1.54, 1.807) is 12.3 Å². The molecule has 0 unspecified atom stereocenters. The van der Waals surface area contributed by atoms with Crippen LogP contribution in [-0.4, -0.2) is 29.5 Å². The summed E-state index contributed by atoms with van der Waals surface area (Å²) in [5, 5.41) is 0. The van der Waals surface area contributed by atoms with Gasteiger partial charge in [-0.15, -0.1) is 0 Å². The Labute approximate surface area is 94.8 Å². The quantitative estimate of drug-likeness (QED) is 0.757. The standard InChI is InChI=1S/C12H16N2O2/c1-9-2-3-10(8-14-9)11(15)12(13)4-6-16-7-5-12/h2-3,8H,4-7,13H2,1H3. The topological polar surface area (TPSA) is 65.2 Å². The first-order chi connectivity index (χ1) is 7.62. The Morgan fingerprint density at radius 1 is 1.44 bits per heavy atom. The van der Waals surface area contributed by atoms with E-state index in [1.807, 2.05) is 13.0 Å². The number of aromatic nitrogens is 1. The maximum atomic E-state index is 12.2. The van der Waals surface area contributed by atoms with Crippen molar-refractivity contribution in [2.75, 3.05) is 13.2 Å². The number of aryl methyl sites for hydroxylation is 1. The Kier molecular flexibility index (Phi) is 3.03. The molecule has 0 aromatic carbocycles. The summed E-state index contributed by atoms with van der Waals surface area (Å²) in [6, 6.07) is 3.62. The van der Waals surface area contributed by atoms with Gasteiger partial charge >= 0.3 is 0 Å². The van der Waals surface area contributed by atoms with Crippen molar-refractivity contribution in [1.82, 2.24) is 4.98 Å². The van der Waals surface area contributed by atoms with Gasteiger partial charge in [0, 0.05) is 30.7 Å². The number of nitrogens with two attached hydrogens (primary N) is 1. The normalized spacial score (nSPS) is 19.4. The van der Waals surface area contributed by atoms with Gasteiger partial charge in [-0.2, -0.15) is 0 Å². The molecule has 2 rings (SSSR count). The summed E-state index contributed by atoms with van der Waals surface area (Å²) < 4.78 is 5.22. The molecule has 1 aliphatic rings. The van der Waals surface area contributed by atoms with E-state index in [0.29, 0.717) is 31.6 Å². The summed E-state index contributed by atoms with van der Waals surface area (Å²) in [5.74, 6) is -0.0247. The first-order valence-corrected chi connectivity index (χ1v) is 5.46. The van der Waals surface area contributed by atoms with Gasteiger partial charge in [-0.1, -0.05) is 0 Å². The number of hydrogen-bond acceptors (Lipinski definition) is 4. The molecule has 1 aliphatic heterocycles. The van der Waals surface area contributed by atoms with Gasteiger partial charge in [0.2, 0.25) is 0 Å². The lowest BCUT2D eigenvalue weighted by Crippen LogP contribution is -2.51. The molecule has 4 nitrogen and oxygen atoms in total. The third-order valence-corrected chi connectivity index (χ3v) is 3.01. The number of ether oxygens (including phenoxy) is 1. The number of carbonyl (C=O) groups is 1. The molecule has 1 fully saturated rings. The van der Waals surface area contributed by atoms with Crippen LogP contribution in [0.15, 0.2) is 18.3 Å². The van der Waals surface area contributed by atoms with Gasteiger partial charge in [0.15, 0.2) is 5.78 Å². The van der Waals surface area contributed by atoms with Gasteiger partial charge in [-0.25, -0.2) is 0 Å². The molecule has 4 heteroatoms. The van der Waals surface area contributed by atoms with Crippen molar-refractivity contribution in [3.05, 3.63) is 29.6 Å². The molecule has 1 saturated heterocycles. The van der Waals surface area contributed by atoms with Crippen LogP contribution in [0.2, 0.25) is 0 Å². The van der Waals surface area contributed by atoms with Crippen LogP contribution in [0, 0.1) is 6.92 Å². The molecule has 0 radical (unpaired) electrons. The molecular weight excluding hydrogens is 204 g/mol. The van der Waals surface area contributed by atoms with E-state index in [4.69, 9.17) is 10.5 Å². The van der Waals surface area contributed by atoms with Crippen LogP contribution in [0.1, 0.15) is 28.9 Å². The first kappa shape index (κ1) is 11.2. The smallest absolute Gasteiger partial charge is 0.184 e. The Morgan fingerprint density at radius 3 is 2.69 bits per heavy atom. The van der Waals surface area contributed by atoms with Crippen LogP contribution >= 0.6 is 0 Å². The molecule has 0 saturated carbocycles. The largest absolute Gasteiger partial charge is 0.381 e. The number of ketones is 1. The van der Waals surface area contributed by atoms with Crippen LogP contribution in [0.25, 0.3) is 0 Å². The van der Waals surface area contributed by atoms with Crippen molar-refractivity contribution in [2.45, 2.75) is 25.3 Å². The second-order valence-electron chi connectivity index (χ2n) is 4.29. The van der Waals surface area contributed by atoms with Crippen LogP contribution in [0.4, 0.5) is 0 Å². The lowest BCUT2D eigenvalue weighted by atomic mass is 9.84. The summed E-state index contributed by atoms with van der Waals surface area (Å²) in [4.78, 5) is 16.3. The SMILES string of the molecule is Cc1ccc(C(=O)C2(N)CCOCC2)cn1.